The maximum Gasteiger partial charge on any atom is 0.320 e. The SMILES string of the molecule is C=C[C@@H]1C[C@H](C(=O)O)NC1[C@@H](NC(C)=O)[C@@H](O)C(C)C. The minimum atomic E-state index is -0.931. The van der Waals surface area contributed by atoms with Gasteiger partial charge in [-0.25, -0.2) is 0 Å². The molecule has 20 heavy (non-hydrogen) atoms. The van der Waals surface area contributed by atoms with Gasteiger partial charge in [-0.1, -0.05) is 19.9 Å². The first-order valence-electron chi connectivity index (χ1n) is 6.84. The molecule has 0 spiro atoms. The molecular formula is C14H24N2O4. The first-order chi connectivity index (χ1) is 9.27. The first-order valence-corrected chi connectivity index (χ1v) is 6.84. The number of rotatable bonds is 6. The molecule has 1 amide bonds. The maximum absolute atomic E-state index is 11.4. The third-order valence-corrected chi connectivity index (χ3v) is 3.77. The Bertz CT molecular complexity index is 383. The van der Waals surface area contributed by atoms with Gasteiger partial charge >= 0.3 is 5.97 Å². The van der Waals surface area contributed by atoms with Crippen molar-refractivity contribution in [3.8, 4) is 0 Å². The third-order valence-electron chi connectivity index (χ3n) is 3.77. The van der Waals surface area contributed by atoms with E-state index in [2.05, 4.69) is 17.2 Å². The van der Waals surface area contributed by atoms with Crippen LogP contribution in [0.3, 0.4) is 0 Å². The van der Waals surface area contributed by atoms with Gasteiger partial charge in [0, 0.05) is 13.0 Å². The van der Waals surface area contributed by atoms with Crippen LogP contribution in [0, 0.1) is 11.8 Å². The molecule has 0 saturated carbocycles. The first kappa shape index (κ1) is 16.7. The molecule has 4 N–H and O–H groups in total. The number of amides is 1. The van der Waals surface area contributed by atoms with Crippen LogP contribution >= 0.6 is 0 Å². The molecule has 1 aliphatic rings. The molecule has 0 bridgehead atoms. The van der Waals surface area contributed by atoms with Crippen molar-refractivity contribution in [2.24, 2.45) is 11.8 Å². The van der Waals surface area contributed by atoms with Gasteiger partial charge in [0.25, 0.3) is 0 Å². The van der Waals surface area contributed by atoms with Crippen LogP contribution in [0.5, 0.6) is 0 Å². The van der Waals surface area contributed by atoms with E-state index in [-0.39, 0.29) is 23.8 Å². The summed E-state index contributed by atoms with van der Waals surface area (Å²) in [5.41, 5.74) is 0. The summed E-state index contributed by atoms with van der Waals surface area (Å²) in [5, 5.41) is 25.1. The van der Waals surface area contributed by atoms with E-state index in [0.29, 0.717) is 6.42 Å². The van der Waals surface area contributed by atoms with Crippen molar-refractivity contribution in [3.05, 3.63) is 12.7 Å². The van der Waals surface area contributed by atoms with Gasteiger partial charge in [0.05, 0.1) is 12.1 Å². The molecule has 0 radical (unpaired) electrons. The van der Waals surface area contributed by atoms with Crippen molar-refractivity contribution in [1.29, 1.82) is 0 Å². The number of aliphatic hydroxyl groups excluding tert-OH is 1. The number of carboxylic acid groups (broad SMARTS) is 1. The van der Waals surface area contributed by atoms with Gasteiger partial charge in [0.1, 0.15) is 6.04 Å². The lowest BCUT2D eigenvalue weighted by Gasteiger charge is -2.33. The van der Waals surface area contributed by atoms with Gasteiger partial charge in [-0.2, -0.15) is 0 Å². The van der Waals surface area contributed by atoms with Crippen LogP contribution in [0.2, 0.25) is 0 Å². The predicted octanol–water partition coefficient (Wildman–Crippen LogP) is 0.125. The Hall–Kier alpha value is -1.40. The topological polar surface area (TPSA) is 98.7 Å². The number of carbonyl (C=O) groups excluding carboxylic acids is 1. The second kappa shape index (κ2) is 6.85. The van der Waals surface area contributed by atoms with Crippen molar-refractivity contribution in [1.82, 2.24) is 10.6 Å². The van der Waals surface area contributed by atoms with E-state index in [1.807, 2.05) is 13.8 Å². The molecule has 0 aromatic carbocycles. The molecule has 1 rings (SSSR count). The Morgan fingerprint density at radius 2 is 2.05 bits per heavy atom. The fraction of sp³-hybridized carbons (Fsp3) is 0.714. The summed E-state index contributed by atoms with van der Waals surface area (Å²) in [6.45, 7) is 8.81. The van der Waals surface area contributed by atoms with E-state index in [0.717, 1.165) is 0 Å². The second-order valence-electron chi connectivity index (χ2n) is 5.68. The lowest BCUT2D eigenvalue weighted by molar-refractivity contribution is -0.139. The zero-order chi connectivity index (χ0) is 15.4. The lowest BCUT2D eigenvalue weighted by atomic mass is 9.87. The summed E-state index contributed by atoms with van der Waals surface area (Å²) in [4.78, 5) is 22.5. The zero-order valence-electron chi connectivity index (χ0n) is 12.2. The monoisotopic (exact) mass is 284 g/mol. The Morgan fingerprint density at radius 1 is 1.45 bits per heavy atom. The average Bonchev–Trinajstić information content (AvgIpc) is 2.78. The predicted molar refractivity (Wildman–Crippen MR) is 75.1 cm³/mol. The minimum Gasteiger partial charge on any atom is -0.480 e. The number of hydrogen-bond acceptors (Lipinski definition) is 4. The van der Waals surface area contributed by atoms with Crippen LogP contribution < -0.4 is 10.6 Å². The van der Waals surface area contributed by atoms with Gasteiger partial charge in [-0.15, -0.1) is 6.58 Å². The number of aliphatic carboxylic acids is 1. The number of carbonyl (C=O) groups is 2. The van der Waals surface area contributed by atoms with Crippen molar-refractivity contribution in [2.45, 2.75) is 51.4 Å². The van der Waals surface area contributed by atoms with E-state index in [9.17, 15) is 14.7 Å². The summed E-state index contributed by atoms with van der Waals surface area (Å²) >= 11 is 0. The molecule has 6 heteroatoms. The van der Waals surface area contributed by atoms with Gasteiger partial charge in [0.15, 0.2) is 0 Å². The van der Waals surface area contributed by atoms with Crippen LogP contribution in [-0.2, 0) is 9.59 Å². The summed E-state index contributed by atoms with van der Waals surface area (Å²) < 4.78 is 0. The van der Waals surface area contributed by atoms with Crippen LogP contribution in [0.15, 0.2) is 12.7 Å². The quantitative estimate of drug-likeness (QED) is 0.520. The van der Waals surface area contributed by atoms with E-state index in [1.165, 1.54) is 6.92 Å². The molecule has 1 saturated heterocycles. The number of hydrogen-bond donors (Lipinski definition) is 4. The molecule has 0 aromatic heterocycles. The van der Waals surface area contributed by atoms with Crippen LogP contribution in [-0.4, -0.2) is 46.3 Å². The average molecular weight is 284 g/mol. The molecule has 114 valence electrons. The van der Waals surface area contributed by atoms with Crippen LogP contribution in [0.25, 0.3) is 0 Å². The van der Waals surface area contributed by atoms with Gasteiger partial charge in [-0.3, -0.25) is 14.9 Å². The summed E-state index contributed by atoms with van der Waals surface area (Å²) in [6, 6.07) is -1.56. The minimum absolute atomic E-state index is 0.0528. The maximum atomic E-state index is 11.4. The number of aliphatic hydroxyl groups is 1. The van der Waals surface area contributed by atoms with Gasteiger partial charge in [0.2, 0.25) is 5.91 Å². The molecule has 0 aromatic rings. The lowest BCUT2D eigenvalue weighted by Crippen LogP contribution is -2.57. The smallest absolute Gasteiger partial charge is 0.320 e. The Labute approximate surface area is 119 Å². The fourth-order valence-corrected chi connectivity index (χ4v) is 2.66. The Kier molecular flexibility index (Phi) is 5.71. The normalized spacial score (nSPS) is 28.9. The highest BCUT2D eigenvalue weighted by atomic mass is 16.4. The van der Waals surface area contributed by atoms with Crippen LogP contribution in [0.4, 0.5) is 0 Å². The molecule has 1 fully saturated rings. The number of nitrogens with one attached hydrogen (secondary N) is 2. The standard InChI is InChI=1S/C14H24N2O4/c1-5-9-6-10(14(19)20)16-11(9)12(15-8(4)17)13(18)7(2)3/h5,7,9-13,16,18H,1,6H2,2-4H3,(H,15,17)(H,19,20)/t9-,10-,11?,12-,13+/m1/s1. The van der Waals surface area contributed by atoms with E-state index >= 15 is 0 Å². The highest BCUT2D eigenvalue weighted by molar-refractivity contribution is 5.75. The van der Waals surface area contributed by atoms with E-state index < -0.39 is 24.2 Å². The Morgan fingerprint density at radius 3 is 2.45 bits per heavy atom. The number of carboxylic acids is 1. The van der Waals surface area contributed by atoms with Gasteiger partial charge < -0.3 is 15.5 Å². The highest BCUT2D eigenvalue weighted by Gasteiger charge is 2.43. The van der Waals surface area contributed by atoms with Crippen molar-refractivity contribution in [2.75, 3.05) is 0 Å². The molecule has 6 nitrogen and oxygen atoms in total. The molecule has 1 aliphatic heterocycles. The van der Waals surface area contributed by atoms with Crippen molar-refractivity contribution >= 4 is 11.9 Å². The zero-order valence-corrected chi connectivity index (χ0v) is 12.2. The van der Waals surface area contributed by atoms with Gasteiger partial charge in [-0.05, 0) is 18.3 Å². The molecule has 5 atom stereocenters. The summed E-state index contributed by atoms with van der Waals surface area (Å²) in [5.74, 6) is -1.35. The van der Waals surface area contributed by atoms with E-state index in [4.69, 9.17) is 5.11 Å². The molecule has 1 unspecified atom stereocenters. The van der Waals surface area contributed by atoms with Crippen molar-refractivity contribution in [3.63, 3.8) is 0 Å². The largest absolute Gasteiger partial charge is 0.480 e. The van der Waals surface area contributed by atoms with Crippen molar-refractivity contribution < 1.29 is 19.8 Å². The fourth-order valence-electron chi connectivity index (χ4n) is 2.66. The second-order valence-corrected chi connectivity index (χ2v) is 5.68. The molecule has 1 heterocycles. The Balaban J connectivity index is 2.96. The summed E-state index contributed by atoms with van der Waals surface area (Å²) in [6.07, 6.45) is 1.33. The highest BCUT2D eigenvalue weighted by Crippen LogP contribution is 2.27. The summed E-state index contributed by atoms with van der Waals surface area (Å²) in [7, 11) is 0. The third kappa shape index (κ3) is 3.80. The van der Waals surface area contributed by atoms with E-state index in [1.54, 1.807) is 6.08 Å². The van der Waals surface area contributed by atoms with Crippen LogP contribution in [0.1, 0.15) is 27.2 Å². The molecule has 0 aliphatic carbocycles. The molecular weight excluding hydrogens is 260 g/mol.